The van der Waals surface area contributed by atoms with Gasteiger partial charge in [0.15, 0.2) is 0 Å². The quantitative estimate of drug-likeness (QED) is 0.669. The number of rotatable bonds is 3. The number of anilines is 1. The molecule has 1 N–H and O–H groups in total. The summed E-state index contributed by atoms with van der Waals surface area (Å²) in [5.41, 5.74) is 1.21. The Morgan fingerprint density at radius 1 is 1.14 bits per heavy atom. The maximum Gasteiger partial charge on any atom is 0.289 e. The molecule has 2 rings (SSSR count). The zero-order chi connectivity index (χ0) is 15.6. The molecule has 0 aliphatic heterocycles. The van der Waals surface area contributed by atoms with Gasteiger partial charge in [0, 0.05) is 22.3 Å². The molecule has 0 spiro atoms. The minimum absolute atomic E-state index is 0.0142. The summed E-state index contributed by atoms with van der Waals surface area (Å²) in [6.07, 6.45) is 0. The number of nitrogens with zero attached hydrogens (tertiary/aromatic N) is 1. The molecule has 0 unspecified atom stereocenters. The third kappa shape index (κ3) is 3.51. The third-order valence-electron chi connectivity index (χ3n) is 2.82. The molecule has 0 aliphatic rings. The van der Waals surface area contributed by atoms with Gasteiger partial charge in [-0.15, -0.1) is 0 Å². The van der Waals surface area contributed by atoms with E-state index in [-0.39, 0.29) is 16.6 Å². The second-order valence-corrected chi connectivity index (χ2v) is 5.16. The maximum atomic E-state index is 12.1. The maximum absolute atomic E-state index is 12.1. The Morgan fingerprint density at radius 2 is 1.81 bits per heavy atom. The predicted octanol–water partition coefficient (Wildman–Crippen LogP) is 4.46. The van der Waals surface area contributed by atoms with Gasteiger partial charge in [-0.1, -0.05) is 23.2 Å². The van der Waals surface area contributed by atoms with Crippen LogP contribution in [0.5, 0.6) is 0 Å². The van der Waals surface area contributed by atoms with Crippen LogP contribution < -0.4 is 5.32 Å². The van der Waals surface area contributed by atoms with Crippen LogP contribution in [0.15, 0.2) is 36.4 Å². The normalized spacial score (nSPS) is 10.2. The van der Waals surface area contributed by atoms with E-state index in [0.29, 0.717) is 16.3 Å². The van der Waals surface area contributed by atoms with E-state index in [1.807, 2.05) is 0 Å². The fourth-order valence-corrected chi connectivity index (χ4v) is 2.02. The van der Waals surface area contributed by atoms with Crippen LogP contribution in [0, 0.1) is 17.0 Å². The number of nitro benzene ring substituents is 1. The molecule has 0 radical (unpaired) electrons. The molecule has 1 amide bonds. The van der Waals surface area contributed by atoms with E-state index in [0.717, 1.165) is 5.56 Å². The van der Waals surface area contributed by atoms with Crippen LogP contribution in [-0.4, -0.2) is 10.8 Å². The van der Waals surface area contributed by atoms with Crippen molar-refractivity contribution in [1.29, 1.82) is 0 Å². The molecule has 0 fully saturated rings. The highest BCUT2D eigenvalue weighted by atomic mass is 35.5. The molecule has 2 aromatic carbocycles. The summed E-state index contributed by atoms with van der Waals surface area (Å²) < 4.78 is 0. The highest BCUT2D eigenvalue weighted by Crippen LogP contribution is 2.27. The van der Waals surface area contributed by atoms with Gasteiger partial charge in [-0.3, -0.25) is 14.9 Å². The summed E-state index contributed by atoms with van der Waals surface area (Å²) in [5, 5.41) is 14.0. The van der Waals surface area contributed by atoms with Crippen LogP contribution in [0.4, 0.5) is 11.4 Å². The summed E-state index contributed by atoms with van der Waals surface area (Å²) in [5.74, 6) is -0.383. The standard InChI is InChI=1S/C14H10Cl2N2O3/c1-8-6-9(2-4-11(8)15)14(19)17-10-3-5-12(16)13(7-10)18(20)21/h2-7H,1H3,(H,17,19). The zero-order valence-corrected chi connectivity index (χ0v) is 12.4. The van der Waals surface area contributed by atoms with Crippen molar-refractivity contribution in [2.75, 3.05) is 5.32 Å². The lowest BCUT2D eigenvalue weighted by molar-refractivity contribution is -0.384. The summed E-state index contributed by atoms with van der Waals surface area (Å²) in [6, 6.07) is 8.91. The van der Waals surface area contributed by atoms with Crippen molar-refractivity contribution in [3.05, 3.63) is 67.7 Å². The molecule has 21 heavy (non-hydrogen) atoms. The number of nitro groups is 1. The van der Waals surface area contributed by atoms with Crippen LogP contribution >= 0.6 is 23.2 Å². The van der Waals surface area contributed by atoms with Crippen molar-refractivity contribution in [2.45, 2.75) is 6.92 Å². The first-order chi connectivity index (χ1) is 9.88. The minimum atomic E-state index is -0.607. The molecule has 0 saturated carbocycles. The first kappa shape index (κ1) is 15.3. The lowest BCUT2D eigenvalue weighted by atomic mass is 10.1. The number of halogens is 2. The van der Waals surface area contributed by atoms with Crippen LogP contribution in [0.25, 0.3) is 0 Å². The summed E-state index contributed by atoms with van der Waals surface area (Å²) >= 11 is 11.6. The topological polar surface area (TPSA) is 72.2 Å². The van der Waals surface area contributed by atoms with Gasteiger partial charge >= 0.3 is 0 Å². The average Bonchev–Trinajstić information content (AvgIpc) is 2.43. The lowest BCUT2D eigenvalue weighted by Gasteiger charge is -2.07. The largest absolute Gasteiger partial charge is 0.322 e. The lowest BCUT2D eigenvalue weighted by Crippen LogP contribution is -2.12. The van der Waals surface area contributed by atoms with Crippen LogP contribution in [0.2, 0.25) is 10.0 Å². The molecule has 108 valence electrons. The van der Waals surface area contributed by atoms with E-state index in [2.05, 4.69) is 5.32 Å². The SMILES string of the molecule is Cc1cc(C(=O)Nc2ccc(Cl)c([N+](=O)[O-])c2)ccc1Cl. The molecule has 7 heteroatoms. The molecular formula is C14H10Cl2N2O3. The van der Waals surface area contributed by atoms with Crippen molar-refractivity contribution < 1.29 is 9.72 Å². The van der Waals surface area contributed by atoms with Crippen molar-refractivity contribution in [3.63, 3.8) is 0 Å². The van der Waals surface area contributed by atoms with Crippen molar-refractivity contribution in [1.82, 2.24) is 0 Å². The van der Waals surface area contributed by atoms with Gasteiger partial charge in [0.2, 0.25) is 0 Å². The van der Waals surface area contributed by atoms with Gasteiger partial charge in [0.05, 0.1) is 4.92 Å². The smallest absolute Gasteiger partial charge is 0.289 e. The number of aryl methyl sites for hydroxylation is 1. The Kier molecular flexibility index (Phi) is 4.45. The first-order valence-corrected chi connectivity index (χ1v) is 6.65. The van der Waals surface area contributed by atoms with E-state index < -0.39 is 4.92 Å². The molecule has 0 aliphatic carbocycles. The van der Waals surface area contributed by atoms with Crippen molar-refractivity contribution >= 4 is 40.5 Å². The number of hydrogen-bond acceptors (Lipinski definition) is 3. The van der Waals surface area contributed by atoms with Gasteiger partial charge in [-0.2, -0.15) is 0 Å². The van der Waals surface area contributed by atoms with E-state index in [4.69, 9.17) is 23.2 Å². The minimum Gasteiger partial charge on any atom is -0.322 e. The number of amides is 1. The molecule has 0 atom stereocenters. The molecule has 0 aromatic heterocycles. The second-order valence-electron chi connectivity index (χ2n) is 4.34. The summed E-state index contributed by atoms with van der Waals surface area (Å²) in [6.45, 7) is 1.78. The molecular weight excluding hydrogens is 315 g/mol. The molecule has 2 aromatic rings. The first-order valence-electron chi connectivity index (χ1n) is 5.90. The highest BCUT2D eigenvalue weighted by molar-refractivity contribution is 6.32. The van der Waals surface area contributed by atoms with E-state index in [1.165, 1.54) is 18.2 Å². The number of benzene rings is 2. The average molecular weight is 325 g/mol. The van der Waals surface area contributed by atoms with E-state index in [1.54, 1.807) is 25.1 Å². The van der Waals surface area contributed by atoms with Gasteiger partial charge in [-0.25, -0.2) is 0 Å². The number of carbonyl (C=O) groups excluding carboxylic acids is 1. The Hall–Kier alpha value is -2.11. The summed E-state index contributed by atoms with van der Waals surface area (Å²) in [7, 11) is 0. The second kappa shape index (κ2) is 6.11. The van der Waals surface area contributed by atoms with Gasteiger partial charge in [0.1, 0.15) is 5.02 Å². The Morgan fingerprint density at radius 3 is 2.43 bits per heavy atom. The van der Waals surface area contributed by atoms with E-state index in [9.17, 15) is 14.9 Å². The monoisotopic (exact) mass is 324 g/mol. The number of carbonyl (C=O) groups is 1. The van der Waals surface area contributed by atoms with Gasteiger partial charge < -0.3 is 5.32 Å². The molecule has 5 nitrogen and oxygen atoms in total. The Bertz CT molecular complexity index is 732. The van der Waals surface area contributed by atoms with Crippen LogP contribution in [0.1, 0.15) is 15.9 Å². The fourth-order valence-electron chi connectivity index (χ4n) is 1.72. The zero-order valence-electron chi connectivity index (χ0n) is 10.9. The van der Waals surface area contributed by atoms with E-state index >= 15 is 0 Å². The van der Waals surface area contributed by atoms with Crippen molar-refractivity contribution in [3.8, 4) is 0 Å². The predicted molar refractivity (Wildman–Crippen MR) is 82.2 cm³/mol. The van der Waals surface area contributed by atoms with Gasteiger partial charge in [0.25, 0.3) is 11.6 Å². The number of hydrogen-bond donors (Lipinski definition) is 1. The Labute approximate surface area is 130 Å². The Balaban J connectivity index is 2.25. The van der Waals surface area contributed by atoms with Gasteiger partial charge in [-0.05, 0) is 42.8 Å². The third-order valence-corrected chi connectivity index (χ3v) is 3.56. The summed E-state index contributed by atoms with van der Waals surface area (Å²) in [4.78, 5) is 22.3. The highest BCUT2D eigenvalue weighted by Gasteiger charge is 2.14. The van der Waals surface area contributed by atoms with Crippen molar-refractivity contribution in [2.24, 2.45) is 0 Å². The molecule has 0 heterocycles. The molecule has 0 bridgehead atoms. The van der Waals surface area contributed by atoms with Crippen LogP contribution in [-0.2, 0) is 0 Å². The number of nitrogens with one attached hydrogen (secondary N) is 1. The van der Waals surface area contributed by atoms with Crippen LogP contribution in [0.3, 0.4) is 0 Å². The fraction of sp³-hybridized carbons (Fsp3) is 0.0714. The molecule has 0 saturated heterocycles.